The number of hydrogen-bond donors (Lipinski definition) is 0. The Balaban J connectivity index is 2.38. The lowest BCUT2D eigenvalue weighted by atomic mass is 10.2. The molecule has 0 aromatic rings. The van der Waals surface area contributed by atoms with E-state index in [2.05, 4.69) is 55.0 Å². The van der Waals surface area contributed by atoms with E-state index in [-0.39, 0.29) is 0 Å². The van der Waals surface area contributed by atoms with Crippen molar-refractivity contribution in [1.29, 1.82) is 0 Å². The maximum Gasteiger partial charge on any atom is 0.00443 e. The third-order valence-corrected chi connectivity index (χ3v) is 1.87. The lowest BCUT2D eigenvalue weighted by Gasteiger charge is -1.85. The highest BCUT2D eigenvalue weighted by molar-refractivity contribution is 5.11. The van der Waals surface area contributed by atoms with Crippen molar-refractivity contribution in [3.05, 3.63) is 55.0 Å². The van der Waals surface area contributed by atoms with Crippen LogP contribution < -0.4 is 0 Å². The predicted molar refractivity (Wildman–Crippen MR) is 59.3 cm³/mol. The van der Waals surface area contributed by atoms with E-state index in [4.69, 9.17) is 0 Å². The molecule has 69 valence electrons. The molecule has 1 radical (unpaired) electrons. The van der Waals surface area contributed by atoms with Crippen molar-refractivity contribution in [1.82, 2.24) is 0 Å². The Kier molecular flexibility index (Phi) is 5.87. The van der Waals surface area contributed by atoms with Gasteiger partial charge in [-0.2, -0.15) is 0 Å². The number of hydrogen-bond acceptors (Lipinski definition) is 0. The molecule has 1 aliphatic carbocycles. The Morgan fingerprint density at radius 3 is 1.62 bits per heavy atom. The SMILES string of the molecule is [CH]1/C=C/C/C=C\CC/C=C/C/C=C/1. The second kappa shape index (κ2) is 7.60. The second-order valence-corrected chi connectivity index (χ2v) is 3.04. The molecule has 0 aliphatic heterocycles. The monoisotopic (exact) mass is 173 g/mol. The molecule has 1 aliphatic rings. The lowest BCUT2D eigenvalue weighted by Crippen LogP contribution is -1.65. The summed E-state index contributed by atoms with van der Waals surface area (Å²) in [6, 6.07) is 0. The van der Waals surface area contributed by atoms with Gasteiger partial charge in [0, 0.05) is 6.42 Å². The van der Waals surface area contributed by atoms with Crippen molar-refractivity contribution >= 4 is 0 Å². The highest BCUT2D eigenvalue weighted by Gasteiger charge is 1.79. The quantitative estimate of drug-likeness (QED) is 0.486. The Labute approximate surface area is 81.4 Å². The zero-order chi connectivity index (χ0) is 9.19. The number of rotatable bonds is 0. The molecule has 1 rings (SSSR count). The van der Waals surface area contributed by atoms with Crippen LogP contribution in [-0.4, -0.2) is 0 Å². The van der Waals surface area contributed by atoms with Crippen LogP contribution in [0.4, 0.5) is 0 Å². The average molecular weight is 173 g/mol. The van der Waals surface area contributed by atoms with Gasteiger partial charge < -0.3 is 0 Å². The van der Waals surface area contributed by atoms with Crippen LogP contribution in [0.5, 0.6) is 0 Å². The van der Waals surface area contributed by atoms with Crippen LogP contribution in [0.15, 0.2) is 48.6 Å². The first-order chi connectivity index (χ1) is 6.50. The highest BCUT2D eigenvalue weighted by Crippen LogP contribution is 1.99. The molecule has 0 spiro atoms. The van der Waals surface area contributed by atoms with Gasteiger partial charge in [0.25, 0.3) is 0 Å². The Morgan fingerprint density at radius 2 is 1.08 bits per heavy atom. The van der Waals surface area contributed by atoms with E-state index >= 15 is 0 Å². The molecule has 0 atom stereocenters. The minimum absolute atomic E-state index is 1.05. The normalized spacial score (nSPS) is 28.9. The molecule has 0 unspecified atom stereocenters. The van der Waals surface area contributed by atoms with Crippen LogP contribution >= 0.6 is 0 Å². The van der Waals surface area contributed by atoms with Crippen molar-refractivity contribution in [3.63, 3.8) is 0 Å². The van der Waals surface area contributed by atoms with Gasteiger partial charge in [0.1, 0.15) is 0 Å². The molecule has 0 saturated carbocycles. The minimum Gasteiger partial charge on any atom is -0.0879 e. The summed E-state index contributed by atoms with van der Waals surface area (Å²) in [5.74, 6) is 0. The first kappa shape index (κ1) is 10.0. The molecule has 0 aromatic carbocycles. The maximum atomic E-state index is 2.25. The smallest absolute Gasteiger partial charge is 0.00443 e. The summed E-state index contributed by atoms with van der Waals surface area (Å²) in [7, 11) is 0. The van der Waals surface area contributed by atoms with Gasteiger partial charge in [-0.3, -0.25) is 0 Å². The maximum absolute atomic E-state index is 2.25. The first-order valence-electron chi connectivity index (χ1n) is 4.95. The Bertz CT molecular complexity index is 192. The van der Waals surface area contributed by atoms with Crippen LogP contribution in [0, 0.1) is 6.42 Å². The van der Waals surface area contributed by atoms with E-state index in [0.717, 1.165) is 25.7 Å². The summed E-state index contributed by atoms with van der Waals surface area (Å²) in [6.07, 6.45) is 24.0. The van der Waals surface area contributed by atoms with Crippen LogP contribution in [0.2, 0.25) is 0 Å². The van der Waals surface area contributed by atoms with E-state index in [0.29, 0.717) is 0 Å². The van der Waals surface area contributed by atoms with Crippen LogP contribution in [0.25, 0.3) is 0 Å². The van der Waals surface area contributed by atoms with Crippen molar-refractivity contribution in [2.45, 2.75) is 25.7 Å². The minimum atomic E-state index is 1.05. The fraction of sp³-hybridized carbons (Fsp3) is 0.308. The van der Waals surface area contributed by atoms with Gasteiger partial charge in [0.15, 0.2) is 0 Å². The molecule has 0 heteroatoms. The molecule has 0 aromatic heterocycles. The molecule has 0 fully saturated rings. The van der Waals surface area contributed by atoms with Gasteiger partial charge in [-0.25, -0.2) is 0 Å². The first-order valence-corrected chi connectivity index (χ1v) is 4.95. The standard InChI is InChI=1S/C13H17/c1-2-4-6-8-10-12-13-11-9-7-5-3-1/h1-5,8-11H,6-7,12-13H2/b4-2+,5-3+,10-8-,11-9+. The summed E-state index contributed by atoms with van der Waals surface area (Å²) in [4.78, 5) is 0. The summed E-state index contributed by atoms with van der Waals surface area (Å²) in [5.41, 5.74) is 0. The third kappa shape index (κ3) is 6.15. The van der Waals surface area contributed by atoms with E-state index in [9.17, 15) is 0 Å². The Morgan fingerprint density at radius 1 is 0.538 bits per heavy atom. The van der Waals surface area contributed by atoms with Gasteiger partial charge >= 0.3 is 0 Å². The van der Waals surface area contributed by atoms with E-state index in [1.807, 2.05) is 0 Å². The van der Waals surface area contributed by atoms with Gasteiger partial charge in [-0.15, -0.1) is 0 Å². The fourth-order valence-corrected chi connectivity index (χ4v) is 1.16. The number of allylic oxidation sites excluding steroid dienone is 8. The lowest BCUT2D eigenvalue weighted by molar-refractivity contribution is 1.04. The van der Waals surface area contributed by atoms with Gasteiger partial charge in [-0.05, 0) is 25.7 Å². The van der Waals surface area contributed by atoms with Gasteiger partial charge in [-0.1, -0.05) is 48.6 Å². The third-order valence-electron chi connectivity index (χ3n) is 1.87. The van der Waals surface area contributed by atoms with E-state index < -0.39 is 0 Å². The molecule has 13 heavy (non-hydrogen) atoms. The molecule has 0 N–H and O–H groups in total. The molecular formula is C13H17. The van der Waals surface area contributed by atoms with Crippen LogP contribution in [0.1, 0.15) is 25.7 Å². The van der Waals surface area contributed by atoms with Crippen molar-refractivity contribution < 1.29 is 0 Å². The largest absolute Gasteiger partial charge is 0.0879 e. The molecule has 0 amide bonds. The average Bonchev–Trinajstić information content (AvgIpc) is 2.18. The molecular weight excluding hydrogens is 156 g/mol. The van der Waals surface area contributed by atoms with Crippen molar-refractivity contribution in [2.75, 3.05) is 0 Å². The van der Waals surface area contributed by atoms with Crippen molar-refractivity contribution in [3.8, 4) is 0 Å². The molecule has 0 bridgehead atoms. The molecule has 0 nitrogen and oxygen atoms in total. The fourth-order valence-electron chi connectivity index (χ4n) is 1.16. The Hall–Kier alpha value is -1.04. The molecule has 0 heterocycles. The van der Waals surface area contributed by atoms with E-state index in [1.54, 1.807) is 0 Å². The molecule has 0 saturated heterocycles. The highest BCUT2D eigenvalue weighted by atomic mass is 13.9. The zero-order valence-electron chi connectivity index (χ0n) is 8.02. The zero-order valence-corrected chi connectivity index (χ0v) is 8.02. The van der Waals surface area contributed by atoms with Crippen LogP contribution in [0.3, 0.4) is 0 Å². The van der Waals surface area contributed by atoms with Crippen LogP contribution in [-0.2, 0) is 0 Å². The topological polar surface area (TPSA) is 0 Å². The summed E-state index contributed by atoms with van der Waals surface area (Å²) < 4.78 is 0. The predicted octanol–water partition coefficient (Wildman–Crippen LogP) is 3.99. The van der Waals surface area contributed by atoms with Crippen molar-refractivity contribution in [2.24, 2.45) is 0 Å². The van der Waals surface area contributed by atoms with Gasteiger partial charge in [0.2, 0.25) is 0 Å². The summed E-state index contributed by atoms with van der Waals surface area (Å²) >= 11 is 0. The summed E-state index contributed by atoms with van der Waals surface area (Å²) in [6.45, 7) is 0. The van der Waals surface area contributed by atoms with Gasteiger partial charge in [0.05, 0.1) is 0 Å². The summed E-state index contributed by atoms with van der Waals surface area (Å²) in [5, 5.41) is 0. The second-order valence-electron chi connectivity index (χ2n) is 3.04. The van der Waals surface area contributed by atoms with E-state index in [1.165, 1.54) is 0 Å².